The lowest BCUT2D eigenvalue weighted by Gasteiger charge is -2.15. The van der Waals surface area contributed by atoms with Crippen molar-refractivity contribution in [2.45, 2.75) is 6.54 Å². The molecule has 0 atom stereocenters. The molecule has 2 aromatic rings. The van der Waals surface area contributed by atoms with Crippen LogP contribution in [0.2, 0.25) is 4.34 Å². The van der Waals surface area contributed by atoms with Crippen molar-refractivity contribution in [2.24, 2.45) is 0 Å². The Morgan fingerprint density at radius 2 is 1.87 bits per heavy atom. The van der Waals surface area contributed by atoms with Crippen LogP contribution in [0.15, 0.2) is 36.4 Å². The number of thiophene rings is 1. The van der Waals surface area contributed by atoms with E-state index in [2.05, 4.69) is 10.6 Å². The Balaban J connectivity index is 1.85. The number of nitrogens with zero attached hydrogens (tertiary/aromatic N) is 1. The molecule has 2 rings (SSSR count). The Morgan fingerprint density at radius 3 is 2.43 bits per heavy atom. The van der Waals surface area contributed by atoms with Crippen molar-refractivity contribution in [1.82, 2.24) is 10.2 Å². The predicted molar refractivity (Wildman–Crippen MR) is 94.1 cm³/mol. The summed E-state index contributed by atoms with van der Waals surface area (Å²) in [5, 5.41) is 5.36. The van der Waals surface area contributed by atoms with Crippen LogP contribution < -0.4 is 10.6 Å². The van der Waals surface area contributed by atoms with Gasteiger partial charge in [-0.1, -0.05) is 11.6 Å². The van der Waals surface area contributed by atoms with Gasteiger partial charge >= 0.3 is 0 Å². The second-order valence-corrected chi connectivity index (χ2v) is 6.88. The van der Waals surface area contributed by atoms with Gasteiger partial charge in [-0.3, -0.25) is 14.5 Å². The molecular weight excluding hydrogens is 334 g/mol. The lowest BCUT2D eigenvalue weighted by molar-refractivity contribution is -0.117. The van der Waals surface area contributed by atoms with Crippen LogP contribution in [0.25, 0.3) is 0 Å². The molecule has 0 aliphatic rings. The summed E-state index contributed by atoms with van der Waals surface area (Å²) in [5.74, 6) is -0.264. The molecule has 23 heavy (non-hydrogen) atoms. The lowest BCUT2D eigenvalue weighted by atomic mass is 10.2. The minimum absolute atomic E-state index is 0.108. The zero-order chi connectivity index (χ0) is 16.8. The fraction of sp³-hybridized carbons (Fsp3) is 0.250. The largest absolute Gasteiger partial charge is 0.355 e. The molecule has 0 fully saturated rings. The SMILES string of the molecule is CNC(=O)c1ccc(NC(=O)CN(C)Cc2ccc(Cl)s2)cc1. The highest BCUT2D eigenvalue weighted by molar-refractivity contribution is 7.16. The van der Waals surface area contributed by atoms with Crippen molar-refractivity contribution < 1.29 is 9.59 Å². The summed E-state index contributed by atoms with van der Waals surface area (Å²) in [7, 11) is 3.45. The van der Waals surface area contributed by atoms with Gasteiger partial charge in [0.1, 0.15) is 0 Å². The summed E-state index contributed by atoms with van der Waals surface area (Å²) in [5.41, 5.74) is 1.22. The summed E-state index contributed by atoms with van der Waals surface area (Å²) in [6.45, 7) is 0.938. The van der Waals surface area contributed by atoms with Crippen LogP contribution in [0, 0.1) is 0 Å². The number of amides is 2. The molecule has 122 valence electrons. The van der Waals surface area contributed by atoms with Gasteiger partial charge in [-0.2, -0.15) is 0 Å². The van der Waals surface area contributed by atoms with E-state index in [0.29, 0.717) is 17.8 Å². The third kappa shape index (κ3) is 5.35. The van der Waals surface area contributed by atoms with E-state index >= 15 is 0 Å². The molecule has 7 heteroatoms. The molecule has 1 aromatic heterocycles. The predicted octanol–water partition coefficient (Wildman–Crippen LogP) is 2.83. The smallest absolute Gasteiger partial charge is 0.251 e. The third-order valence-electron chi connectivity index (χ3n) is 3.13. The van der Waals surface area contributed by atoms with Crippen LogP contribution in [0.1, 0.15) is 15.2 Å². The van der Waals surface area contributed by atoms with E-state index in [1.165, 1.54) is 11.3 Å². The molecule has 1 heterocycles. The van der Waals surface area contributed by atoms with Crippen molar-refractivity contribution >= 4 is 40.4 Å². The fourth-order valence-corrected chi connectivity index (χ4v) is 3.22. The number of likely N-dealkylation sites (N-methyl/N-ethyl adjacent to an activating group) is 1. The number of rotatable bonds is 6. The molecule has 0 unspecified atom stereocenters. The second kappa shape index (κ2) is 8.10. The van der Waals surface area contributed by atoms with E-state index in [1.807, 2.05) is 24.1 Å². The number of benzene rings is 1. The van der Waals surface area contributed by atoms with Crippen molar-refractivity contribution in [3.63, 3.8) is 0 Å². The molecule has 0 radical (unpaired) electrons. The Labute approximate surface area is 144 Å². The minimum Gasteiger partial charge on any atom is -0.355 e. The first kappa shape index (κ1) is 17.5. The molecule has 0 spiro atoms. The number of anilines is 1. The normalized spacial score (nSPS) is 10.6. The highest BCUT2D eigenvalue weighted by Gasteiger charge is 2.09. The number of carbonyl (C=O) groups is 2. The summed E-state index contributed by atoms with van der Waals surface area (Å²) >= 11 is 7.40. The molecule has 2 amide bonds. The van der Waals surface area contributed by atoms with E-state index in [4.69, 9.17) is 11.6 Å². The maximum atomic E-state index is 12.0. The number of hydrogen-bond donors (Lipinski definition) is 2. The van der Waals surface area contributed by atoms with Crippen LogP contribution in [-0.4, -0.2) is 37.4 Å². The van der Waals surface area contributed by atoms with E-state index in [-0.39, 0.29) is 18.4 Å². The van der Waals surface area contributed by atoms with E-state index in [0.717, 1.165) is 9.21 Å². The molecule has 0 aliphatic carbocycles. The maximum absolute atomic E-state index is 12.0. The van der Waals surface area contributed by atoms with Gasteiger partial charge in [0.05, 0.1) is 10.9 Å². The molecular formula is C16H18ClN3O2S. The standard InChI is InChI=1S/C16H18ClN3O2S/c1-18-16(22)11-3-5-12(6-4-11)19-15(21)10-20(2)9-13-7-8-14(17)23-13/h3-8H,9-10H2,1-2H3,(H,18,22)(H,19,21). The van der Waals surface area contributed by atoms with E-state index in [9.17, 15) is 9.59 Å². The topological polar surface area (TPSA) is 61.4 Å². The van der Waals surface area contributed by atoms with Gasteiger partial charge in [-0.25, -0.2) is 0 Å². The second-order valence-electron chi connectivity index (χ2n) is 5.08. The zero-order valence-electron chi connectivity index (χ0n) is 12.9. The molecule has 2 N–H and O–H groups in total. The van der Waals surface area contributed by atoms with Gasteiger partial charge in [0.15, 0.2) is 0 Å². The van der Waals surface area contributed by atoms with Crippen LogP contribution in [0.3, 0.4) is 0 Å². The average molecular weight is 352 g/mol. The first-order valence-electron chi connectivity index (χ1n) is 7.02. The Morgan fingerprint density at radius 1 is 1.17 bits per heavy atom. The summed E-state index contributed by atoms with van der Waals surface area (Å²) in [6.07, 6.45) is 0. The molecule has 0 bridgehead atoms. The Bertz CT molecular complexity index is 685. The van der Waals surface area contributed by atoms with Gasteiger partial charge in [-0.15, -0.1) is 11.3 Å². The zero-order valence-corrected chi connectivity index (χ0v) is 14.5. The quantitative estimate of drug-likeness (QED) is 0.841. The molecule has 0 saturated carbocycles. The lowest BCUT2D eigenvalue weighted by Crippen LogP contribution is -2.29. The monoisotopic (exact) mass is 351 g/mol. The molecule has 5 nitrogen and oxygen atoms in total. The van der Waals surface area contributed by atoms with Crippen LogP contribution >= 0.6 is 22.9 Å². The number of nitrogens with one attached hydrogen (secondary N) is 2. The Kier molecular flexibility index (Phi) is 6.15. The van der Waals surface area contributed by atoms with Crippen LogP contribution in [0.4, 0.5) is 5.69 Å². The first-order chi connectivity index (χ1) is 11.0. The molecule has 1 aromatic carbocycles. The van der Waals surface area contributed by atoms with E-state index < -0.39 is 0 Å². The van der Waals surface area contributed by atoms with Gasteiger partial charge in [-0.05, 0) is 43.4 Å². The Hall–Kier alpha value is -1.89. The van der Waals surface area contributed by atoms with Crippen LogP contribution in [0.5, 0.6) is 0 Å². The van der Waals surface area contributed by atoms with Crippen LogP contribution in [-0.2, 0) is 11.3 Å². The van der Waals surface area contributed by atoms with Gasteiger partial charge < -0.3 is 10.6 Å². The number of hydrogen-bond acceptors (Lipinski definition) is 4. The maximum Gasteiger partial charge on any atom is 0.251 e. The first-order valence-corrected chi connectivity index (χ1v) is 8.22. The number of halogens is 1. The van der Waals surface area contributed by atoms with Gasteiger partial charge in [0.25, 0.3) is 5.91 Å². The van der Waals surface area contributed by atoms with Crippen molar-refractivity contribution in [3.05, 3.63) is 51.2 Å². The average Bonchev–Trinajstić information content (AvgIpc) is 2.91. The summed E-state index contributed by atoms with van der Waals surface area (Å²) in [6, 6.07) is 10.6. The summed E-state index contributed by atoms with van der Waals surface area (Å²) in [4.78, 5) is 26.5. The molecule has 0 saturated heterocycles. The highest BCUT2D eigenvalue weighted by atomic mass is 35.5. The van der Waals surface area contributed by atoms with Crippen molar-refractivity contribution in [1.29, 1.82) is 0 Å². The minimum atomic E-state index is -0.155. The number of carbonyl (C=O) groups excluding carboxylic acids is 2. The highest BCUT2D eigenvalue weighted by Crippen LogP contribution is 2.22. The fourth-order valence-electron chi connectivity index (χ4n) is 2.05. The van der Waals surface area contributed by atoms with Gasteiger partial charge in [0, 0.05) is 29.7 Å². The molecule has 0 aliphatic heterocycles. The third-order valence-corrected chi connectivity index (χ3v) is 4.34. The van der Waals surface area contributed by atoms with Crippen molar-refractivity contribution in [2.75, 3.05) is 26.0 Å². The van der Waals surface area contributed by atoms with E-state index in [1.54, 1.807) is 31.3 Å². The van der Waals surface area contributed by atoms with Gasteiger partial charge in [0.2, 0.25) is 5.91 Å². The van der Waals surface area contributed by atoms with Crippen molar-refractivity contribution in [3.8, 4) is 0 Å². The summed E-state index contributed by atoms with van der Waals surface area (Å²) < 4.78 is 0.744.